The molecule has 0 aromatic heterocycles. The van der Waals surface area contributed by atoms with E-state index in [0.717, 1.165) is 6.42 Å². The molecule has 5 heteroatoms. The van der Waals surface area contributed by atoms with Crippen LogP contribution in [0.2, 0.25) is 0 Å². The summed E-state index contributed by atoms with van der Waals surface area (Å²) in [7, 11) is 0. The topological polar surface area (TPSA) is 81.2 Å². The zero-order valence-electron chi connectivity index (χ0n) is 10.5. The van der Waals surface area contributed by atoms with E-state index in [1.165, 1.54) is 6.07 Å². The Balaban J connectivity index is 2.92. The molecule has 1 rings (SSSR count). The van der Waals surface area contributed by atoms with Crippen molar-refractivity contribution in [2.45, 2.75) is 27.2 Å². The van der Waals surface area contributed by atoms with Gasteiger partial charge in [0.15, 0.2) is 0 Å². The third-order valence-electron chi connectivity index (χ3n) is 2.96. The summed E-state index contributed by atoms with van der Waals surface area (Å²) in [6, 6.07) is 4.93. The zero-order valence-corrected chi connectivity index (χ0v) is 10.5. The molecule has 0 atom stereocenters. The third-order valence-corrected chi connectivity index (χ3v) is 2.96. The molecule has 0 fully saturated rings. The van der Waals surface area contributed by atoms with Gasteiger partial charge in [-0.25, -0.2) is 0 Å². The minimum Gasteiger partial charge on any atom is -0.393 e. The van der Waals surface area contributed by atoms with Crippen LogP contribution in [0.25, 0.3) is 0 Å². The number of nitrogens with zero attached hydrogens (tertiary/aromatic N) is 1. The number of anilines is 2. The first kappa shape index (κ1) is 13.3. The van der Waals surface area contributed by atoms with Gasteiger partial charge in [-0.3, -0.25) is 10.1 Å². The van der Waals surface area contributed by atoms with Crippen molar-refractivity contribution in [3.8, 4) is 0 Å². The summed E-state index contributed by atoms with van der Waals surface area (Å²) in [5.74, 6) is 0. The summed E-state index contributed by atoms with van der Waals surface area (Å²) < 4.78 is 0. The third kappa shape index (κ3) is 3.34. The fourth-order valence-electron chi connectivity index (χ4n) is 1.37. The maximum Gasteiger partial charge on any atom is 0.314 e. The van der Waals surface area contributed by atoms with E-state index >= 15 is 0 Å². The molecule has 0 saturated carbocycles. The van der Waals surface area contributed by atoms with Crippen LogP contribution in [0.5, 0.6) is 0 Å². The Labute approximate surface area is 101 Å². The molecule has 0 amide bonds. The Kier molecular flexibility index (Phi) is 3.93. The van der Waals surface area contributed by atoms with E-state index in [4.69, 9.17) is 5.73 Å². The SMILES string of the molecule is CCC(C)(C)CNc1cccc(N)c1[N+](=O)[O-]. The van der Waals surface area contributed by atoms with Crippen molar-refractivity contribution in [1.29, 1.82) is 0 Å². The lowest BCUT2D eigenvalue weighted by atomic mass is 9.90. The first-order chi connectivity index (χ1) is 7.87. The zero-order chi connectivity index (χ0) is 13.1. The number of hydrogen-bond donors (Lipinski definition) is 2. The van der Waals surface area contributed by atoms with Crippen LogP contribution >= 0.6 is 0 Å². The minimum atomic E-state index is -0.448. The maximum atomic E-state index is 10.9. The standard InChI is InChI=1S/C12H19N3O2/c1-4-12(2,3)8-14-10-7-5-6-9(13)11(10)15(16)17/h5-7,14H,4,8,13H2,1-3H3. The highest BCUT2D eigenvalue weighted by Crippen LogP contribution is 2.31. The monoisotopic (exact) mass is 237 g/mol. The van der Waals surface area contributed by atoms with Gasteiger partial charge in [0.05, 0.1) is 4.92 Å². The Morgan fingerprint density at radius 3 is 2.65 bits per heavy atom. The molecule has 3 N–H and O–H groups in total. The average Bonchev–Trinajstić information content (AvgIpc) is 2.26. The van der Waals surface area contributed by atoms with E-state index in [2.05, 4.69) is 26.1 Å². The fourth-order valence-corrected chi connectivity index (χ4v) is 1.37. The first-order valence-corrected chi connectivity index (χ1v) is 5.64. The molecule has 5 nitrogen and oxygen atoms in total. The number of nitrogen functional groups attached to an aromatic ring is 1. The number of rotatable bonds is 5. The second kappa shape index (κ2) is 5.03. The summed E-state index contributed by atoms with van der Waals surface area (Å²) in [4.78, 5) is 10.5. The van der Waals surface area contributed by atoms with Crippen molar-refractivity contribution in [3.05, 3.63) is 28.3 Å². The van der Waals surface area contributed by atoms with Crippen LogP contribution in [0.3, 0.4) is 0 Å². The molecule has 0 aliphatic carbocycles. The summed E-state index contributed by atoms with van der Waals surface area (Å²) in [5, 5.41) is 14.0. The van der Waals surface area contributed by atoms with Gasteiger partial charge in [0.2, 0.25) is 0 Å². The quantitative estimate of drug-likeness (QED) is 0.468. The molecule has 94 valence electrons. The largest absolute Gasteiger partial charge is 0.393 e. The highest BCUT2D eigenvalue weighted by molar-refractivity contribution is 5.74. The molecule has 0 saturated heterocycles. The van der Waals surface area contributed by atoms with Crippen LogP contribution in [0, 0.1) is 15.5 Å². The van der Waals surface area contributed by atoms with E-state index in [1.54, 1.807) is 12.1 Å². The lowest BCUT2D eigenvalue weighted by Gasteiger charge is -2.23. The van der Waals surface area contributed by atoms with Crippen molar-refractivity contribution in [2.24, 2.45) is 5.41 Å². The summed E-state index contributed by atoms with van der Waals surface area (Å²) in [6.07, 6.45) is 0.996. The molecule has 0 radical (unpaired) electrons. The van der Waals surface area contributed by atoms with Gasteiger partial charge in [0.25, 0.3) is 0 Å². The van der Waals surface area contributed by atoms with Gasteiger partial charge in [-0.05, 0) is 24.0 Å². The fraction of sp³-hybridized carbons (Fsp3) is 0.500. The Bertz CT molecular complexity index is 416. The molecule has 1 aromatic carbocycles. The second-order valence-corrected chi connectivity index (χ2v) is 4.87. The molecular formula is C12H19N3O2. The molecule has 0 aliphatic heterocycles. The highest BCUT2D eigenvalue weighted by Gasteiger charge is 2.20. The smallest absolute Gasteiger partial charge is 0.314 e. The van der Waals surface area contributed by atoms with Gasteiger partial charge >= 0.3 is 5.69 Å². The van der Waals surface area contributed by atoms with Crippen molar-refractivity contribution in [2.75, 3.05) is 17.6 Å². The number of para-hydroxylation sites is 1. The van der Waals surface area contributed by atoms with Crippen LogP contribution in [0.15, 0.2) is 18.2 Å². The number of nitrogens with two attached hydrogens (primary N) is 1. The number of nitrogens with one attached hydrogen (secondary N) is 1. The second-order valence-electron chi connectivity index (χ2n) is 4.87. The number of benzene rings is 1. The van der Waals surface area contributed by atoms with Crippen LogP contribution < -0.4 is 11.1 Å². The molecular weight excluding hydrogens is 218 g/mol. The van der Waals surface area contributed by atoms with Crippen molar-refractivity contribution < 1.29 is 4.92 Å². The van der Waals surface area contributed by atoms with Gasteiger partial charge < -0.3 is 11.1 Å². The van der Waals surface area contributed by atoms with Crippen molar-refractivity contribution in [3.63, 3.8) is 0 Å². The lowest BCUT2D eigenvalue weighted by molar-refractivity contribution is -0.383. The number of nitro groups is 1. The molecule has 17 heavy (non-hydrogen) atoms. The first-order valence-electron chi connectivity index (χ1n) is 5.64. The molecule has 0 unspecified atom stereocenters. The van der Waals surface area contributed by atoms with Gasteiger partial charge in [-0.2, -0.15) is 0 Å². The van der Waals surface area contributed by atoms with Gasteiger partial charge in [-0.1, -0.05) is 26.8 Å². The summed E-state index contributed by atoms with van der Waals surface area (Å²) >= 11 is 0. The Morgan fingerprint density at radius 1 is 1.47 bits per heavy atom. The number of hydrogen-bond acceptors (Lipinski definition) is 4. The van der Waals surface area contributed by atoms with Crippen LogP contribution in [-0.2, 0) is 0 Å². The average molecular weight is 237 g/mol. The summed E-state index contributed by atoms with van der Waals surface area (Å²) in [5.41, 5.74) is 6.34. The van der Waals surface area contributed by atoms with Gasteiger partial charge in [0, 0.05) is 6.54 Å². The normalized spacial score (nSPS) is 11.2. The predicted molar refractivity (Wildman–Crippen MR) is 70.1 cm³/mol. The Morgan fingerprint density at radius 2 is 2.12 bits per heavy atom. The lowest BCUT2D eigenvalue weighted by Crippen LogP contribution is -2.22. The maximum absolute atomic E-state index is 10.9. The summed E-state index contributed by atoms with van der Waals surface area (Å²) in [6.45, 7) is 6.99. The van der Waals surface area contributed by atoms with Gasteiger partial charge in [0.1, 0.15) is 11.4 Å². The molecule has 0 spiro atoms. The van der Waals surface area contributed by atoms with Crippen LogP contribution in [0.1, 0.15) is 27.2 Å². The molecule has 0 bridgehead atoms. The predicted octanol–water partition coefficient (Wildman–Crippen LogP) is 3.03. The van der Waals surface area contributed by atoms with E-state index < -0.39 is 4.92 Å². The molecule has 0 aliphatic rings. The van der Waals surface area contributed by atoms with Crippen LogP contribution in [0.4, 0.5) is 17.1 Å². The van der Waals surface area contributed by atoms with E-state index in [0.29, 0.717) is 12.2 Å². The van der Waals surface area contributed by atoms with Crippen LogP contribution in [-0.4, -0.2) is 11.5 Å². The van der Waals surface area contributed by atoms with Crippen molar-refractivity contribution in [1.82, 2.24) is 0 Å². The molecule has 0 heterocycles. The minimum absolute atomic E-state index is 0.0422. The Hall–Kier alpha value is -1.78. The molecule has 1 aromatic rings. The van der Waals surface area contributed by atoms with E-state index in [1.807, 2.05) is 0 Å². The highest BCUT2D eigenvalue weighted by atomic mass is 16.6. The van der Waals surface area contributed by atoms with E-state index in [9.17, 15) is 10.1 Å². The van der Waals surface area contributed by atoms with Crippen molar-refractivity contribution >= 4 is 17.1 Å². The van der Waals surface area contributed by atoms with Gasteiger partial charge in [-0.15, -0.1) is 0 Å². The number of nitro benzene ring substituents is 1. The van der Waals surface area contributed by atoms with E-state index in [-0.39, 0.29) is 16.8 Å².